The summed E-state index contributed by atoms with van der Waals surface area (Å²) in [5, 5.41) is 3.12. The fourth-order valence-corrected chi connectivity index (χ4v) is 5.14. The van der Waals surface area contributed by atoms with E-state index in [1.165, 1.54) is 31.5 Å². The highest BCUT2D eigenvalue weighted by atomic mass is 35.7. The number of hydrogen-bond acceptors (Lipinski definition) is 3. The molecule has 2 aliphatic carbocycles. The predicted molar refractivity (Wildman–Crippen MR) is 99.7 cm³/mol. The molecule has 138 valence electrons. The van der Waals surface area contributed by atoms with Crippen LogP contribution in [-0.2, 0) is 15.6 Å². The van der Waals surface area contributed by atoms with E-state index in [9.17, 15) is 13.2 Å². The zero-order chi connectivity index (χ0) is 18.3. The number of amides is 1. The normalized spacial score (nSPS) is 24.7. The Morgan fingerprint density at radius 1 is 1.19 bits per heavy atom. The van der Waals surface area contributed by atoms with Crippen LogP contribution in [0.4, 0.5) is 0 Å². The Balaban J connectivity index is 1.60. The van der Waals surface area contributed by atoms with Crippen LogP contribution >= 0.6 is 10.7 Å². The van der Waals surface area contributed by atoms with Crippen LogP contribution in [-0.4, -0.2) is 24.9 Å². The second-order valence-electron chi connectivity index (χ2n) is 7.37. The minimum atomic E-state index is -3.89. The lowest BCUT2D eigenvalue weighted by Crippen LogP contribution is -2.39. The fraction of sp³-hybridized carbons (Fsp3) is 0.421. The summed E-state index contributed by atoms with van der Waals surface area (Å²) in [7, 11) is 1.61. The number of aromatic nitrogens is 1. The van der Waals surface area contributed by atoms with Gasteiger partial charge >= 0.3 is 0 Å². The SMILES string of the molecule is O=C(NC1CC2CCC1C2)c1cc(S(=O)(=O)Cl)cn1Cc1ccccc1. The molecule has 2 aliphatic rings. The van der Waals surface area contributed by atoms with Crippen LogP contribution in [0.15, 0.2) is 47.5 Å². The predicted octanol–water partition coefficient (Wildman–Crippen LogP) is 3.38. The first-order valence-corrected chi connectivity index (χ1v) is 11.2. The molecule has 1 aromatic carbocycles. The molecule has 5 nitrogen and oxygen atoms in total. The summed E-state index contributed by atoms with van der Waals surface area (Å²) in [5.74, 6) is 1.04. The molecule has 7 heteroatoms. The van der Waals surface area contributed by atoms with Crippen LogP contribution in [0.5, 0.6) is 0 Å². The molecule has 3 atom stereocenters. The van der Waals surface area contributed by atoms with Crippen molar-refractivity contribution in [2.24, 2.45) is 11.8 Å². The number of nitrogens with zero attached hydrogens (tertiary/aromatic N) is 1. The van der Waals surface area contributed by atoms with Crippen LogP contribution in [0.1, 0.15) is 41.7 Å². The van der Waals surface area contributed by atoms with Gasteiger partial charge in [0, 0.05) is 29.5 Å². The van der Waals surface area contributed by atoms with Crippen LogP contribution in [0.3, 0.4) is 0 Å². The zero-order valence-corrected chi connectivity index (χ0v) is 15.8. The lowest BCUT2D eigenvalue weighted by Gasteiger charge is -2.23. The Hall–Kier alpha value is -1.79. The molecule has 2 fully saturated rings. The summed E-state index contributed by atoms with van der Waals surface area (Å²) < 4.78 is 25.1. The molecule has 0 radical (unpaired) electrons. The number of carbonyl (C=O) groups excluding carboxylic acids is 1. The highest BCUT2D eigenvalue weighted by Crippen LogP contribution is 2.44. The van der Waals surface area contributed by atoms with Crippen LogP contribution < -0.4 is 5.32 Å². The van der Waals surface area contributed by atoms with Gasteiger partial charge in [-0.15, -0.1) is 0 Å². The van der Waals surface area contributed by atoms with Gasteiger partial charge in [-0.05, 0) is 42.7 Å². The van der Waals surface area contributed by atoms with Gasteiger partial charge in [0.25, 0.3) is 15.0 Å². The van der Waals surface area contributed by atoms with E-state index in [4.69, 9.17) is 10.7 Å². The van der Waals surface area contributed by atoms with E-state index in [1.54, 1.807) is 4.57 Å². The number of rotatable bonds is 5. The highest BCUT2D eigenvalue weighted by Gasteiger charge is 2.40. The summed E-state index contributed by atoms with van der Waals surface area (Å²) in [5.41, 5.74) is 1.31. The third-order valence-electron chi connectivity index (χ3n) is 5.64. The van der Waals surface area contributed by atoms with Crippen molar-refractivity contribution in [1.82, 2.24) is 9.88 Å². The van der Waals surface area contributed by atoms with Gasteiger partial charge in [0.05, 0.1) is 0 Å². The van der Waals surface area contributed by atoms with Gasteiger partial charge in [-0.1, -0.05) is 36.8 Å². The summed E-state index contributed by atoms with van der Waals surface area (Å²) in [4.78, 5) is 12.8. The number of benzene rings is 1. The minimum Gasteiger partial charge on any atom is -0.348 e. The van der Waals surface area contributed by atoms with Crippen molar-refractivity contribution in [2.75, 3.05) is 0 Å². The summed E-state index contributed by atoms with van der Waals surface area (Å²) in [6.45, 7) is 0.409. The molecule has 0 saturated heterocycles. The van der Waals surface area contributed by atoms with E-state index in [1.807, 2.05) is 30.3 Å². The van der Waals surface area contributed by atoms with Crippen LogP contribution in [0, 0.1) is 11.8 Å². The van der Waals surface area contributed by atoms with Gasteiger partial charge in [0.15, 0.2) is 0 Å². The quantitative estimate of drug-likeness (QED) is 0.793. The molecule has 4 rings (SSSR count). The molecule has 0 spiro atoms. The second-order valence-corrected chi connectivity index (χ2v) is 9.93. The maximum atomic E-state index is 12.9. The van der Waals surface area contributed by atoms with Crippen molar-refractivity contribution in [2.45, 2.75) is 43.2 Å². The van der Waals surface area contributed by atoms with Gasteiger partial charge in [0.2, 0.25) is 0 Å². The third kappa shape index (κ3) is 3.53. The van der Waals surface area contributed by atoms with E-state index in [0.717, 1.165) is 17.9 Å². The molecule has 1 N–H and O–H groups in total. The van der Waals surface area contributed by atoms with Crippen LogP contribution in [0.25, 0.3) is 0 Å². The molecular formula is C19H21ClN2O3S. The summed E-state index contributed by atoms with van der Waals surface area (Å²) in [6.07, 6.45) is 6.08. The number of halogens is 1. The van der Waals surface area contributed by atoms with E-state index < -0.39 is 9.05 Å². The molecule has 1 amide bonds. The number of hydrogen-bond donors (Lipinski definition) is 1. The van der Waals surface area contributed by atoms with Gasteiger partial charge in [-0.3, -0.25) is 4.79 Å². The first-order valence-electron chi connectivity index (χ1n) is 8.90. The largest absolute Gasteiger partial charge is 0.348 e. The lowest BCUT2D eigenvalue weighted by atomic mass is 9.95. The number of carbonyl (C=O) groups is 1. The van der Waals surface area contributed by atoms with Crippen LogP contribution in [0.2, 0.25) is 0 Å². The maximum Gasteiger partial charge on any atom is 0.268 e. The maximum absolute atomic E-state index is 12.9. The average molecular weight is 393 g/mol. The fourth-order valence-electron chi connectivity index (χ4n) is 4.38. The second kappa shape index (κ2) is 6.74. The number of fused-ring (bicyclic) bond motifs is 2. The van der Waals surface area contributed by atoms with Crippen molar-refractivity contribution in [1.29, 1.82) is 0 Å². The first kappa shape index (κ1) is 17.6. The van der Waals surface area contributed by atoms with Crippen molar-refractivity contribution in [3.63, 3.8) is 0 Å². The third-order valence-corrected chi connectivity index (χ3v) is 6.96. The van der Waals surface area contributed by atoms with E-state index in [-0.39, 0.29) is 16.8 Å². The van der Waals surface area contributed by atoms with E-state index >= 15 is 0 Å². The van der Waals surface area contributed by atoms with Crippen molar-refractivity contribution in [3.05, 3.63) is 53.9 Å². The number of nitrogens with one attached hydrogen (secondary N) is 1. The van der Waals surface area contributed by atoms with Gasteiger partial charge < -0.3 is 9.88 Å². The molecule has 1 aromatic heterocycles. The Bertz CT molecular complexity index is 924. The molecule has 3 unspecified atom stereocenters. The molecule has 0 aliphatic heterocycles. The molecule has 2 saturated carbocycles. The van der Waals surface area contributed by atoms with Gasteiger partial charge in [-0.2, -0.15) is 0 Å². The Labute approximate surface area is 157 Å². The monoisotopic (exact) mass is 392 g/mol. The smallest absolute Gasteiger partial charge is 0.268 e. The van der Waals surface area contributed by atoms with Gasteiger partial charge in [0.1, 0.15) is 10.6 Å². The van der Waals surface area contributed by atoms with Crippen molar-refractivity contribution >= 4 is 25.6 Å². The average Bonchev–Trinajstić information content (AvgIpc) is 3.30. The van der Waals surface area contributed by atoms with Gasteiger partial charge in [-0.25, -0.2) is 8.42 Å². The van der Waals surface area contributed by atoms with Crippen molar-refractivity contribution in [3.8, 4) is 0 Å². The van der Waals surface area contributed by atoms with Crippen molar-refractivity contribution < 1.29 is 13.2 Å². The van der Waals surface area contributed by atoms with E-state index in [0.29, 0.717) is 18.2 Å². The zero-order valence-electron chi connectivity index (χ0n) is 14.3. The molecular weight excluding hydrogens is 372 g/mol. The molecule has 26 heavy (non-hydrogen) atoms. The molecule has 2 aromatic rings. The summed E-state index contributed by atoms with van der Waals surface area (Å²) >= 11 is 0. The summed E-state index contributed by atoms with van der Waals surface area (Å²) in [6, 6.07) is 11.2. The lowest BCUT2D eigenvalue weighted by molar-refractivity contribution is 0.0914. The van der Waals surface area contributed by atoms with E-state index in [2.05, 4.69) is 5.32 Å². The minimum absolute atomic E-state index is 0.0480. The highest BCUT2D eigenvalue weighted by molar-refractivity contribution is 8.13. The Morgan fingerprint density at radius 2 is 1.96 bits per heavy atom. The molecule has 1 heterocycles. The Kier molecular flexibility index (Phi) is 4.57. The standard InChI is InChI=1S/C19H21ClN2O3S/c20-26(24,25)16-10-18(22(12-16)11-13-4-2-1-3-5-13)19(23)21-17-9-14-6-7-15(17)8-14/h1-5,10,12,14-15,17H,6-9,11H2,(H,21,23). The topological polar surface area (TPSA) is 68.2 Å². The first-order chi connectivity index (χ1) is 12.4. The molecule has 2 bridgehead atoms. The Morgan fingerprint density at radius 3 is 2.58 bits per heavy atom.